The average molecular weight is 383 g/mol. The van der Waals surface area contributed by atoms with Gasteiger partial charge in [-0.25, -0.2) is 0 Å². The standard InChI is InChI=1S/C21H23N2O3P/c1-14-11-15(2)21(16(3)12-14)23-10-7-19(18-5-8-22-9-6-18)13-20(23)17(4)27(24,25)26/h5-13,17H,1-4H3,(H-,24,25,26)/p+1. The predicted molar refractivity (Wildman–Crippen MR) is 106 cm³/mol. The summed E-state index contributed by atoms with van der Waals surface area (Å²) in [7, 11) is -4.31. The second-order valence-corrected chi connectivity index (χ2v) is 8.91. The van der Waals surface area contributed by atoms with Gasteiger partial charge in [0.2, 0.25) is 11.4 Å². The molecule has 0 radical (unpaired) electrons. The molecule has 1 atom stereocenters. The summed E-state index contributed by atoms with van der Waals surface area (Å²) in [5.41, 5.74) is 5.73. The number of benzene rings is 1. The molecule has 0 aliphatic rings. The minimum absolute atomic E-state index is 0.577. The molecular weight excluding hydrogens is 359 g/mol. The Morgan fingerprint density at radius 2 is 1.56 bits per heavy atom. The number of rotatable bonds is 4. The summed E-state index contributed by atoms with van der Waals surface area (Å²) in [6.45, 7) is 7.65. The van der Waals surface area contributed by atoms with Crippen LogP contribution < -0.4 is 4.57 Å². The molecule has 0 aliphatic heterocycles. The molecule has 2 aromatic heterocycles. The fourth-order valence-electron chi connectivity index (χ4n) is 3.49. The second-order valence-electron chi connectivity index (χ2n) is 6.96. The summed E-state index contributed by atoms with van der Waals surface area (Å²) in [6.07, 6.45) is 5.30. The van der Waals surface area contributed by atoms with Gasteiger partial charge in [-0.15, -0.1) is 0 Å². The van der Waals surface area contributed by atoms with Crippen LogP contribution in [0.4, 0.5) is 0 Å². The van der Waals surface area contributed by atoms with Gasteiger partial charge in [-0.3, -0.25) is 9.55 Å². The van der Waals surface area contributed by atoms with Gasteiger partial charge in [-0.2, -0.15) is 4.57 Å². The highest BCUT2D eigenvalue weighted by Gasteiger charge is 2.35. The Kier molecular flexibility index (Phi) is 5.29. The van der Waals surface area contributed by atoms with E-state index in [2.05, 4.69) is 17.1 Å². The average Bonchev–Trinajstić information content (AvgIpc) is 2.60. The first-order valence-electron chi connectivity index (χ1n) is 8.78. The van der Waals surface area contributed by atoms with Crippen LogP contribution in [0.15, 0.2) is 55.0 Å². The molecule has 2 N–H and O–H groups in total. The van der Waals surface area contributed by atoms with Gasteiger partial charge in [-0.1, -0.05) is 5.56 Å². The summed E-state index contributed by atoms with van der Waals surface area (Å²) < 4.78 is 14.0. The van der Waals surface area contributed by atoms with E-state index in [1.807, 2.05) is 55.8 Å². The zero-order chi connectivity index (χ0) is 19.8. The van der Waals surface area contributed by atoms with Gasteiger partial charge in [-0.05, 0) is 63.1 Å². The Bertz CT molecular complexity index is 1010. The van der Waals surface area contributed by atoms with Crippen molar-refractivity contribution in [3.8, 4) is 16.8 Å². The van der Waals surface area contributed by atoms with Crippen molar-refractivity contribution in [3.05, 3.63) is 77.4 Å². The molecule has 1 unspecified atom stereocenters. The Morgan fingerprint density at radius 1 is 0.963 bits per heavy atom. The minimum atomic E-state index is -4.31. The first-order chi connectivity index (χ1) is 12.7. The first-order valence-corrected chi connectivity index (χ1v) is 10.5. The van der Waals surface area contributed by atoms with Gasteiger partial charge in [0.25, 0.3) is 0 Å². The Balaban J connectivity index is 2.27. The van der Waals surface area contributed by atoms with E-state index in [4.69, 9.17) is 0 Å². The topological polar surface area (TPSA) is 74.3 Å². The van der Waals surface area contributed by atoms with E-state index >= 15 is 0 Å². The van der Waals surface area contributed by atoms with Crippen molar-refractivity contribution in [3.63, 3.8) is 0 Å². The molecule has 0 bridgehead atoms. The van der Waals surface area contributed by atoms with Crippen molar-refractivity contribution >= 4 is 7.60 Å². The Morgan fingerprint density at radius 3 is 2.11 bits per heavy atom. The lowest BCUT2D eigenvalue weighted by molar-refractivity contribution is -0.605. The van der Waals surface area contributed by atoms with E-state index in [0.717, 1.165) is 33.5 Å². The van der Waals surface area contributed by atoms with Gasteiger partial charge in [0.05, 0.1) is 0 Å². The monoisotopic (exact) mass is 383 g/mol. The summed E-state index contributed by atoms with van der Waals surface area (Å²) in [4.78, 5) is 23.7. The lowest BCUT2D eigenvalue weighted by atomic mass is 10.0. The summed E-state index contributed by atoms with van der Waals surface area (Å²) in [5.74, 6) is 0. The van der Waals surface area contributed by atoms with Crippen LogP contribution in [0, 0.1) is 20.8 Å². The molecule has 0 spiro atoms. The van der Waals surface area contributed by atoms with Crippen molar-refractivity contribution < 1.29 is 18.9 Å². The van der Waals surface area contributed by atoms with Crippen molar-refractivity contribution in [2.24, 2.45) is 0 Å². The van der Waals surface area contributed by atoms with E-state index in [-0.39, 0.29) is 0 Å². The van der Waals surface area contributed by atoms with Crippen LogP contribution in [0.25, 0.3) is 16.8 Å². The van der Waals surface area contributed by atoms with Gasteiger partial charge in [0, 0.05) is 35.7 Å². The molecule has 5 nitrogen and oxygen atoms in total. The normalized spacial score (nSPS) is 12.8. The van der Waals surface area contributed by atoms with Gasteiger partial charge in [0.15, 0.2) is 6.20 Å². The fraction of sp³-hybridized carbons (Fsp3) is 0.238. The van der Waals surface area contributed by atoms with E-state index in [9.17, 15) is 14.4 Å². The van der Waals surface area contributed by atoms with Crippen LogP contribution in [-0.4, -0.2) is 14.8 Å². The largest absolute Gasteiger partial charge is 0.338 e. The SMILES string of the molecule is Cc1cc(C)c(-[n+]2ccc(-c3ccncc3)cc2C(C)P(=O)(O)O)c(C)c1. The molecule has 0 saturated heterocycles. The van der Waals surface area contributed by atoms with E-state index in [0.29, 0.717) is 5.69 Å². The number of nitrogens with zero attached hydrogens (tertiary/aromatic N) is 2. The van der Waals surface area contributed by atoms with Crippen LogP contribution in [0.1, 0.15) is 35.0 Å². The van der Waals surface area contributed by atoms with Crippen molar-refractivity contribution in [1.82, 2.24) is 4.98 Å². The summed E-state index contributed by atoms with van der Waals surface area (Å²) in [6, 6.07) is 11.7. The molecule has 0 fully saturated rings. The highest BCUT2D eigenvalue weighted by molar-refractivity contribution is 7.52. The number of pyridine rings is 2. The number of aryl methyl sites for hydroxylation is 3. The zero-order valence-electron chi connectivity index (χ0n) is 15.9. The number of hydrogen-bond acceptors (Lipinski definition) is 2. The van der Waals surface area contributed by atoms with Crippen LogP contribution in [0.2, 0.25) is 0 Å². The molecule has 0 saturated carbocycles. The Hall–Kier alpha value is -2.33. The first kappa shape index (κ1) is 19.4. The van der Waals surface area contributed by atoms with E-state index in [1.165, 1.54) is 0 Å². The zero-order valence-corrected chi connectivity index (χ0v) is 16.8. The van der Waals surface area contributed by atoms with Gasteiger partial charge in [0.1, 0.15) is 5.66 Å². The molecule has 3 rings (SSSR count). The van der Waals surface area contributed by atoms with Gasteiger partial charge < -0.3 is 9.79 Å². The maximum Gasteiger partial charge on any atom is 0.338 e. The third-order valence-electron chi connectivity index (χ3n) is 4.81. The quantitative estimate of drug-likeness (QED) is 0.523. The predicted octanol–water partition coefficient (Wildman–Crippen LogP) is 4.19. The molecule has 3 aromatic rings. The van der Waals surface area contributed by atoms with Crippen LogP contribution >= 0.6 is 7.60 Å². The summed E-state index contributed by atoms with van der Waals surface area (Å²) >= 11 is 0. The molecular formula is C21H24N2O3P+. The highest BCUT2D eigenvalue weighted by Crippen LogP contribution is 2.51. The van der Waals surface area contributed by atoms with Crippen molar-refractivity contribution in [2.45, 2.75) is 33.4 Å². The van der Waals surface area contributed by atoms with Crippen LogP contribution in [-0.2, 0) is 4.57 Å². The number of aromatic nitrogens is 2. The fourth-order valence-corrected chi connectivity index (χ4v) is 4.04. The third-order valence-corrected chi connectivity index (χ3v) is 6.08. The maximum atomic E-state index is 12.1. The van der Waals surface area contributed by atoms with Gasteiger partial charge >= 0.3 is 7.60 Å². The lowest BCUT2D eigenvalue weighted by Crippen LogP contribution is -2.38. The smallest absolute Gasteiger partial charge is 0.324 e. The van der Waals surface area contributed by atoms with E-state index < -0.39 is 13.3 Å². The molecule has 2 heterocycles. The molecule has 1 aromatic carbocycles. The molecule has 140 valence electrons. The van der Waals surface area contributed by atoms with Crippen molar-refractivity contribution in [1.29, 1.82) is 0 Å². The molecule has 6 heteroatoms. The van der Waals surface area contributed by atoms with Crippen molar-refractivity contribution in [2.75, 3.05) is 0 Å². The Labute approximate surface area is 159 Å². The lowest BCUT2D eigenvalue weighted by Gasteiger charge is -2.16. The maximum absolute atomic E-state index is 12.1. The molecule has 0 amide bonds. The third kappa shape index (κ3) is 4.01. The van der Waals surface area contributed by atoms with Crippen LogP contribution in [0.5, 0.6) is 0 Å². The minimum Gasteiger partial charge on any atom is -0.324 e. The van der Waals surface area contributed by atoms with E-state index in [1.54, 1.807) is 19.3 Å². The number of hydrogen-bond donors (Lipinski definition) is 2. The highest BCUT2D eigenvalue weighted by atomic mass is 31.2. The summed E-state index contributed by atoms with van der Waals surface area (Å²) in [5, 5.41) is 0. The molecule has 0 aliphatic carbocycles. The second kappa shape index (κ2) is 7.35. The van der Waals surface area contributed by atoms with Crippen LogP contribution in [0.3, 0.4) is 0 Å². The molecule has 27 heavy (non-hydrogen) atoms.